The third-order valence-electron chi connectivity index (χ3n) is 2.08. The lowest BCUT2D eigenvalue weighted by molar-refractivity contribution is 0.461. The molecule has 5 nitrogen and oxygen atoms in total. The lowest BCUT2D eigenvalue weighted by Gasteiger charge is -2.06. The zero-order chi connectivity index (χ0) is 12.1. The number of hydrogen-bond donors (Lipinski definition) is 1. The van der Waals surface area contributed by atoms with Crippen LogP contribution in [-0.4, -0.2) is 17.0 Å². The molecule has 0 radical (unpaired) electrons. The van der Waals surface area contributed by atoms with E-state index < -0.39 is 0 Å². The van der Waals surface area contributed by atoms with Crippen molar-refractivity contribution in [2.45, 2.75) is 0 Å². The number of aromatic nitrogens is 2. The van der Waals surface area contributed by atoms with E-state index in [1.807, 2.05) is 0 Å². The van der Waals surface area contributed by atoms with Crippen LogP contribution in [0.3, 0.4) is 0 Å². The zero-order valence-corrected chi connectivity index (χ0v) is 9.21. The van der Waals surface area contributed by atoms with E-state index in [-0.39, 0.29) is 0 Å². The molecule has 2 rings (SSSR count). The van der Waals surface area contributed by atoms with Crippen LogP contribution >= 0.6 is 0 Å². The van der Waals surface area contributed by atoms with Crippen LogP contribution < -0.4 is 10.1 Å². The molecule has 2 aromatic rings. The molecule has 1 heterocycles. The fourth-order valence-corrected chi connectivity index (χ4v) is 1.28. The van der Waals surface area contributed by atoms with Gasteiger partial charge in [-0.1, -0.05) is 12.1 Å². The highest BCUT2D eigenvalue weighted by atomic mass is 16.5. The topological polar surface area (TPSA) is 70.8 Å². The average Bonchev–Trinajstić information content (AvgIpc) is 2.39. The molecular weight excluding hydrogens is 216 g/mol. The molecule has 0 aliphatic carbocycles. The minimum Gasteiger partial charge on any atom is -0.437 e. The summed E-state index contributed by atoms with van der Waals surface area (Å²) < 4.78 is 5.53. The van der Waals surface area contributed by atoms with Crippen LogP contribution in [0.4, 0.5) is 5.95 Å². The highest BCUT2D eigenvalue weighted by Crippen LogP contribution is 2.23. The Labute approximate surface area is 98.7 Å². The summed E-state index contributed by atoms with van der Waals surface area (Å²) in [6.07, 6.45) is 1.59. The van der Waals surface area contributed by atoms with Gasteiger partial charge in [-0.25, -0.2) is 4.98 Å². The smallest absolute Gasteiger partial charge is 0.225 e. The van der Waals surface area contributed by atoms with Crippen LogP contribution in [0.25, 0.3) is 0 Å². The van der Waals surface area contributed by atoms with Gasteiger partial charge in [0.1, 0.15) is 11.8 Å². The molecule has 0 fully saturated rings. The number of anilines is 1. The first-order chi connectivity index (χ1) is 8.33. The monoisotopic (exact) mass is 226 g/mol. The second-order valence-corrected chi connectivity index (χ2v) is 3.18. The Hall–Kier alpha value is -2.61. The number of ether oxygens (including phenoxy) is 1. The van der Waals surface area contributed by atoms with Gasteiger partial charge < -0.3 is 10.1 Å². The van der Waals surface area contributed by atoms with Gasteiger partial charge in [0.25, 0.3) is 0 Å². The van der Waals surface area contributed by atoms with Crippen molar-refractivity contribution in [1.29, 1.82) is 5.26 Å². The van der Waals surface area contributed by atoms with Gasteiger partial charge in [-0.3, -0.25) is 0 Å². The van der Waals surface area contributed by atoms with Crippen LogP contribution in [0.15, 0.2) is 36.5 Å². The molecular formula is C12H10N4O. The summed E-state index contributed by atoms with van der Waals surface area (Å²) in [7, 11) is 1.72. The molecule has 5 heteroatoms. The summed E-state index contributed by atoms with van der Waals surface area (Å²) in [6.45, 7) is 0. The molecule has 1 N–H and O–H groups in total. The van der Waals surface area contributed by atoms with E-state index in [1.54, 1.807) is 43.6 Å². The van der Waals surface area contributed by atoms with E-state index in [1.165, 1.54) is 0 Å². The van der Waals surface area contributed by atoms with Crippen LogP contribution in [0.5, 0.6) is 11.6 Å². The van der Waals surface area contributed by atoms with Gasteiger partial charge in [0.2, 0.25) is 11.8 Å². The van der Waals surface area contributed by atoms with E-state index >= 15 is 0 Å². The first-order valence-corrected chi connectivity index (χ1v) is 5.01. The number of nitriles is 1. The molecule has 0 aliphatic heterocycles. The number of rotatable bonds is 3. The molecule has 0 atom stereocenters. The summed E-state index contributed by atoms with van der Waals surface area (Å²) in [5.41, 5.74) is 0.470. The Bertz CT molecular complexity index is 562. The third-order valence-corrected chi connectivity index (χ3v) is 2.08. The molecule has 0 unspecified atom stereocenters. The van der Waals surface area contributed by atoms with E-state index in [9.17, 15) is 0 Å². The van der Waals surface area contributed by atoms with Gasteiger partial charge >= 0.3 is 0 Å². The van der Waals surface area contributed by atoms with Crippen molar-refractivity contribution in [3.63, 3.8) is 0 Å². The summed E-state index contributed by atoms with van der Waals surface area (Å²) in [5.74, 6) is 1.35. The molecule has 0 aliphatic rings. The Kier molecular flexibility index (Phi) is 3.17. The highest BCUT2D eigenvalue weighted by molar-refractivity contribution is 5.44. The predicted molar refractivity (Wildman–Crippen MR) is 62.8 cm³/mol. The Morgan fingerprint density at radius 3 is 2.88 bits per heavy atom. The standard InChI is InChI=1S/C12H10N4O/c1-14-12-15-7-6-11(16-12)17-10-5-3-2-4-9(10)8-13/h2-7H,1H3,(H,14,15,16). The van der Waals surface area contributed by atoms with Crippen molar-refractivity contribution < 1.29 is 4.74 Å². The molecule has 0 saturated heterocycles. The van der Waals surface area contributed by atoms with Crippen LogP contribution in [-0.2, 0) is 0 Å². The van der Waals surface area contributed by atoms with E-state index in [0.29, 0.717) is 23.1 Å². The summed E-state index contributed by atoms with van der Waals surface area (Å²) in [5, 5.41) is 11.7. The van der Waals surface area contributed by atoms with Crippen molar-refractivity contribution in [3.8, 4) is 17.7 Å². The highest BCUT2D eigenvalue weighted by Gasteiger charge is 2.04. The van der Waals surface area contributed by atoms with Gasteiger partial charge in [-0.15, -0.1) is 0 Å². The Morgan fingerprint density at radius 2 is 2.12 bits per heavy atom. The minimum absolute atomic E-state index is 0.395. The minimum atomic E-state index is 0.395. The van der Waals surface area contributed by atoms with Crippen LogP contribution in [0.2, 0.25) is 0 Å². The number of nitrogens with one attached hydrogen (secondary N) is 1. The normalized spacial score (nSPS) is 9.41. The molecule has 1 aromatic carbocycles. The van der Waals surface area contributed by atoms with Crippen LogP contribution in [0, 0.1) is 11.3 Å². The summed E-state index contributed by atoms with van der Waals surface area (Å²) in [6, 6.07) is 10.7. The lowest BCUT2D eigenvalue weighted by Crippen LogP contribution is -1.97. The molecule has 17 heavy (non-hydrogen) atoms. The number of nitrogens with zero attached hydrogens (tertiary/aromatic N) is 3. The van der Waals surface area contributed by atoms with E-state index in [0.717, 1.165) is 0 Å². The number of benzene rings is 1. The maximum Gasteiger partial charge on any atom is 0.225 e. The first-order valence-electron chi connectivity index (χ1n) is 5.01. The summed E-state index contributed by atoms with van der Waals surface area (Å²) in [4.78, 5) is 8.08. The van der Waals surface area contributed by atoms with Gasteiger partial charge in [-0.2, -0.15) is 10.2 Å². The molecule has 84 valence electrons. The quantitative estimate of drug-likeness (QED) is 0.868. The molecule has 1 aromatic heterocycles. The summed E-state index contributed by atoms with van der Waals surface area (Å²) >= 11 is 0. The second kappa shape index (κ2) is 4.94. The van der Waals surface area contributed by atoms with Crippen LogP contribution in [0.1, 0.15) is 5.56 Å². The number of para-hydroxylation sites is 1. The second-order valence-electron chi connectivity index (χ2n) is 3.18. The maximum absolute atomic E-state index is 8.92. The van der Waals surface area contributed by atoms with Gasteiger partial charge in [0.15, 0.2) is 0 Å². The molecule has 0 saturated carbocycles. The third kappa shape index (κ3) is 2.49. The van der Waals surface area contributed by atoms with Crippen molar-refractivity contribution in [3.05, 3.63) is 42.1 Å². The largest absolute Gasteiger partial charge is 0.437 e. The van der Waals surface area contributed by atoms with Crippen molar-refractivity contribution >= 4 is 5.95 Å². The Morgan fingerprint density at radius 1 is 1.29 bits per heavy atom. The van der Waals surface area contributed by atoms with E-state index in [2.05, 4.69) is 21.4 Å². The van der Waals surface area contributed by atoms with Crippen molar-refractivity contribution in [2.75, 3.05) is 12.4 Å². The van der Waals surface area contributed by atoms with Gasteiger partial charge in [-0.05, 0) is 12.1 Å². The average molecular weight is 226 g/mol. The Balaban J connectivity index is 2.28. The SMILES string of the molecule is CNc1nccc(Oc2ccccc2C#N)n1. The fraction of sp³-hybridized carbons (Fsp3) is 0.0833. The first kappa shape index (κ1) is 10.9. The van der Waals surface area contributed by atoms with Gasteiger partial charge in [0.05, 0.1) is 5.56 Å². The lowest BCUT2D eigenvalue weighted by atomic mass is 10.2. The van der Waals surface area contributed by atoms with E-state index in [4.69, 9.17) is 10.00 Å². The molecule has 0 bridgehead atoms. The number of hydrogen-bond acceptors (Lipinski definition) is 5. The van der Waals surface area contributed by atoms with Crippen molar-refractivity contribution in [1.82, 2.24) is 9.97 Å². The van der Waals surface area contributed by atoms with Crippen molar-refractivity contribution in [2.24, 2.45) is 0 Å². The zero-order valence-electron chi connectivity index (χ0n) is 9.21. The maximum atomic E-state index is 8.92. The molecule has 0 amide bonds. The van der Waals surface area contributed by atoms with Gasteiger partial charge in [0, 0.05) is 19.3 Å². The fourth-order valence-electron chi connectivity index (χ4n) is 1.28. The predicted octanol–water partition coefficient (Wildman–Crippen LogP) is 2.18. The molecule has 0 spiro atoms.